The van der Waals surface area contributed by atoms with Gasteiger partial charge in [0.25, 0.3) is 5.91 Å². The lowest BCUT2D eigenvalue weighted by molar-refractivity contribution is -0.252. The zero-order chi connectivity index (χ0) is 31.1. The van der Waals surface area contributed by atoms with Crippen molar-refractivity contribution in [3.05, 3.63) is 34.9 Å². The quantitative estimate of drug-likeness (QED) is 0.207. The van der Waals surface area contributed by atoms with Crippen LogP contribution in [0, 0.1) is 0 Å². The molecule has 1 aromatic rings. The molecule has 2 heterocycles. The summed E-state index contributed by atoms with van der Waals surface area (Å²) in [6, 6.07) is 4.99. The van der Waals surface area contributed by atoms with E-state index in [9.17, 15) is 28.8 Å². The van der Waals surface area contributed by atoms with E-state index >= 15 is 0 Å². The second-order valence-corrected chi connectivity index (χ2v) is 10.4. The topological polar surface area (TPSA) is 152 Å². The molecule has 3 rings (SSSR count). The van der Waals surface area contributed by atoms with Crippen LogP contribution < -0.4 is 4.90 Å². The number of nitrogens with zero attached hydrogens (tertiary/aromatic N) is 1. The van der Waals surface area contributed by atoms with Crippen molar-refractivity contribution in [1.29, 1.82) is 0 Å². The SMILES string of the molecule is CCCCN1C(=O)/C(=C\C(=O)C[C@@H]2O[C@H](COC(C)=O)[C@@H](OC(C)=O)[C@H](OC(C)=O)[C@H]2OC(C)=O)c2cc(Cl)ccc21. The lowest BCUT2D eigenvalue weighted by Crippen LogP contribution is -2.62. The van der Waals surface area contributed by atoms with E-state index in [1.807, 2.05) is 6.92 Å². The maximum atomic E-state index is 13.4. The van der Waals surface area contributed by atoms with Gasteiger partial charge in [-0.3, -0.25) is 28.8 Å². The molecule has 5 atom stereocenters. The predicted molar refractivity (Wildman–Crippen MR) is 148 cm³/mol. The van der Waals surface area contributed by atoms with Gasteiger partial charge in [-0.1, -0.05) is 24.9 Å². The molecule has 0 unspecified atom stereocenters. The lowest BCUT2D eigenvalue weighted by atomic mass is 9.91. The number of anilines is 1. The first-order chi connectivity index (χ1) is 19.8. The van der Waals surface area contributed by atoms with Crippen LogP contribution in [0.5, 0.6) is 0 Å². The fourth-order valence-electron chi connectivity index (χ4n) is 4.91. The molecular formula is C29H34ClNO11. The van der Waals surface area contributed by atoms with Crippen LogP contribution in [0.1, 0.15) is 59.4 Å². The number of fused-ring (bicyclic) bond motifs is 1. The van der Waals surface area contributed by atoms with E-state index in [1.54, 1.807) is 23.1 Å². The van der Waals surface area contributed by atoms with Gasteiger partial charge in [0.1, 0.15) is 18.8 Å². The Balaban J connectivity index is 1.98. The molecule has 0 N–H and O–H groups in total. The molecule has 0 radical (unpaired) electrons. The summed E-state index contributed by atoms with van der Waals surface area (Å²) >= 11 is 6.20. The van der Waals surface area contributed by atoms with Gasteiger partial charge in [0, 0.05) is 51.2 Å². The Kier molecular flexibility index (Phi) is 11.2. The third kappa shape index (κ3) is 8.16. The Bertz CT molecular complexity index is 1280. The number of benzene rings is 1. The molecule has 228 valence electrons. The van der Waals surface area contributed by atoms with Crippen LogP contribution in [0.4, 0.5) is 5.69 Å². The molecule has 0 aliphatic carbocycles. The summed E-state index contributed by atoms with van der Waals surface area (Å²) in [5.41, 5.74) is 1.27. The highest BCUT2D eigenvalue weighted by Crippen LogP contribution is 2.39. The van der Waals surface area contributed by atoms with Crippen LogP contribution in [0.15, 0.2) is 24.3 Å². The minimum Gasteiger partial charge on any atom is -0.463 e. The number of ether oxygens (including phenoxy) is 5. The minimum atomic E-state index is -1.40. The molecule has 13 heteroatoms. The number of hydrogen-bond donors (Lipinski definition) is 0. The van der Waals surface area contributed by atoms with Gasteiger partial charge in [-0.15, -0.1) is 0 Å². The van der Waals surface area contributed by atoms with Crippen molar-refractivity contribution in [2.75, 3.05) is 18.1 Å². The molecule has 0 saturated carbocycles. The minimum absolute atomic E-state index is 0.138. The molecule has 1 aromatic carbocycles. The predicted octanol–water partition coefficient (Wildman–Crippen LogP) is 2.95. The highest BCUT2D eigenvalue weighted by Gasteiger charge is 2.52. The van der Waals surface area contributed by atoms with Gasteiger partial charge in [-0.25, -0.2) is 0 Å². The number of carbonyl (C=O) groups is 6. The van der Waals surface area contributed by atoms with Crippen molar-refractivity contribution in [3.8, 4) is 0 Å². The number of halogens is 1. The van der Waals surface area contributed by atoms with Crippen LogP contribution >= 0.6 is 11.6 Å². The normalized spacial score (nSPS) is 24.1. The van der Waals surface area contributed by atoms with Gasteiger partial charge in [-0.05, 0) is 30.7 Å². The van der Waals surface area contributed by atoms with Crippen LogP contribution in [0.25, 0.3) is 5.57 Å². The fraction of sp³-hybridized carbons (Fsp3) is 0.517. The van der Waals surface area contributed by atoms with E-state index in [1.165, 1.54) is 6.08 Å². The molecular weight excluding hydrogens is 574 g/mol. The number of ketones is 1. The molecule has 2 aliphatic heterocycles. The van der Waals surface area contributed by atoms with Gasteiger partial charge in [0.15, 0.2) is 24.1 Å². The lowest BCUT2D eigenvalue weighted by Gasteiger charge is -2.44. The average molecular weight is 608 g/mol. The second-order valence-electron chi connectivity index (χ2n) is 9.94. The Morgan fingerprint density at radius 3 is 2.07 bits per heavy atom. The van der Waals surface area contributed by atoms with Gasteiger partial charge < -0.3 is 28.6 Å². The molecule has 1 fully saturated rings. The molecule has 12 nitrogen and oxygen atoms in total. The Morgan fingerprint density at radius 1 is 0.905 bits per heavy atom. The van der Waals surface area contributed by atoms with E-state index in [2.05, 4.69) is 0 Å². The van der Waals surface area contributed by atoms with Crippen molar-refractivity contribution in [3.63, 3.8) is 0 Å². The Labute approximate surface area is 248 Å². The van der Waals surface area contributed by atoms with Crippen LogP contribution in [0.2, 0.25) is 5.02 Å². The second kappa shape index (κ2) is 14.4. The first kappa shape index (κ1) is 32.7. The molecule has 0 aromatic heterocycles. The Morgan fingerprint density at radius 2 is 1.50 bits per heavy atom. The summed E-state index contributed by atoms with van der Waals surface area (Å²) in [6.45, 7) is 6.53. The van der Waals surface area contributed by atoms with Crippen molar-refractivity contribution in [1.82, 2.24) is 0 Å². The van der Waals surface area contributed by atoms with Crippen LogP contribution in [-0.4, -0.2) is 79.2 Å². The van der Waals surface area contributed by atoms with Gasteiger partial charge >= 0.3 is 23.9 Å². The summed E-state index contributed by atoms with van der Waals surface area (Å²) in [6.07, 6.45) is -4.18. The third-order valence-corrected chi connectivity index (χ3v) is 6.78. The van der Waals surface area contributed by atoms with Crippen LogP contribution in [0.3, 0.4) is 0 Å². The summed E-state index contributed by atoms with van der Waals surface area (Å²) < 4.78 is 27.3. The van der Waals surface area contributed by atoms with E-state index < -0.39 is 73.2 Å². The van der Waals surface area contributed by atoms with E-state index in [4.69, 9.17) is 35.3 Å². The number of rotatable bonds is 11. The van der Waals surface area contributed by atoms with Gasteiger partial charge in [0.2, 0.25) is 0 Å². The number of esters is 4. The summed E-state index contributed by atoms with van der Waals surface area (Å²) in [4.78, 5) is 75.9. The number of carbonyl (C=O) groups excluding carboxylic acids is 6. The Hall–Kier alpha value is -3.77. The number of amides is 1. The highest BCUT2D eigenvalue weighted by molar-refractivity contribution is 6.36. The standard InChI is InChI=1S/C29H34ClNO11/c1-6-7-10-31-23-9-8-19(30)11-21(23)22(29(31)37)12-20(36)13-24-26(39-16(3)33)28(41-18(5)35)27(40-17(4)34)25(42-24)14-38-15(2)32/h8-9,11-12,24-28H,6-7,10,13-14H2,1-5H3/b22-12-/t24-,25+,26-,27+,28+/m0/s1. The van der Waals surface area contributed by atoms with E-state index in [0.29, 0.717) is 22.8 Å². The number of unbranched alkanes of at least 4 members (excludes halogenated alkanes) is 1. The molecule has 2 aliphatic rings. The first-order valence-corrected chi connectivity index (χ1v) is 13.9. The monoisotopic (exact) mass is 607 g/mol. The largest absolute Gasteiger partial charge is 0.463 e. The highest BCUT2D eigenvalue weighted by atomic mass is 35.5. The summed E-state index contributed by atoms with van der Waals surface area (Å²) in [5.74, 6) is -3.92. The van der Waals surface area contributed by atoms with E-state index in [0.717, 1.165) is 40.5 Å². The van der Waals surface area contributed by atoms with Crippen molar-refractivity contribution < 1.29 is 52.5 Å². The van der Waals surface area contributed by atoms with Crippen molar-refractivity contribution in [2.45, 2.75) is 84.4 Å². The molecule has 0 spiro atoms. The average Bonchev–Trinajstić information content (AvgIpc) is 3.13. The van der Waals surface area contributed by atoms with E-state index in [-0.39, 0.29) is 11.5 Å². The zero-order valence-corrected chi connectivity index (χ0v) is 24.8. The summed E-state index contributed by atoms with van der Waals surface area (Å²) in [7, 11) is 0. The summed E-state index contributed by atoms with van der Waals surface area (Å²) in [5, 5.41) is 0.386. The third-order valence-electron chi connectivity index (χ3n) is 6.55. The van der Waals surface area contributed by atoms with Crippen molar-refractivity contribution in [2.24, 2.45) is 0 Å². The molecule has 42 heavy (non-hydrogen) atoms. The smallest absolute Gasteiger partial charge is 0.303 e. The maximum Gasteiger partial charge on any atom is 0.303 e. The number of hydrogen-bond acceptors (Lipinski definition) is 11. The molecule has 1 saturated heterocycles. The first-order valence-electron chi connectivity index (χ1n) is 13.5. The zero-order valence-electron chi connectivity index (χ0n) is 24.0. The molecule has 0 bridgehead atoms. The maximum absolute atomic E-state index is 13.4. The fourth-order valence-corrected chi connectivity index (χ4v) is 5.08. The van der Waals surface area contributed by atoms with Crippen LogP contribution in [-0.2, 0) is 52.5 Å². The van der Waals surface area contributed by atoms with Crippen molar-refractivity contribution >= 4 is 58.4 Å². The van der Waals surface area contributed by atoms with Gasteiger partial charge in [0.05, 0.1) is 11.3 Å². The number of allylic oxidation sites excluding steroid dienone is 1. The van der Waals surface area contributed by atoms with Gasteiger partial charge in [-0.2, -0.15) is 0 Å². The molecule has 1 amide bonds.